The van der Waals surface area contributed by atoms with Crippen molar-refractivity contribution >= 4 is 23.4 Å². The lowest BCUT2D eigenvalue weighted by Crippen LogP contribution is -2.45. The van der Waals surface area contributed by atoms with Gasteiger partial charge in [-0.2, -0.15) is 0 Å². The Labute approximate surface area is 161 Å². The van der Waals surface area contributed by atoms with E-state index >= 15 is 0 Å². The van der Waals surface area contributed by atoms with Crippen molar-refractivity contribution in [2.75, 3.05) is 26.2 Å². The highest BCUT2D eigenvalue weighted by molar-refractivity contribution is 7.09. The van der Waals surface area contributed by atoms with Crippen molar-refractivity contribution in [2.24, 2.45) is 10.9 Å². The molecule has 0 atom stereocenters. The molecule has 0 saturated carbocycles. The van der Waals surface area contributed by atoms with Crippen LogP contribution in [0.2, 0.25) is 0 Å². The number of likely N-dealkylation sites (tertiary alicyclic amines) is 1. The Bertz CT molecular complexity index is 573. The summed E-state index contributed by atoms with van der Waals surface area (Å²) in [5.74, 6) is 1.40. The normalized spacial score (nSPS) is 16.5. The predicted octanol–water partition coefficient (Wildman–Crippen LogP) is 3.45. The minimum absolute atomic E-state index is 0.199. The largest absolute Gasteiger partial charge is 0.444 e. The number of nitrogens with one attached hydrogen (secondary N) is 2. The van der Waals surface area contributed by atoms with Gasteiger partial charge in [-0.1, -0.05) is 6.07 Å². The van der Waals surface area contributed by atoms with Crippen molar-refractivity contribution < 1.29 is 9.53 Å². The maximum Gasteiger partial charge on any atom is 0.410 e. The maximum absolute atomic E-state index is 12.1. The van der Waals surface area contributed by atoms with Crippen molar-refractivity contribution in [3.8, 4) is 0 Å². The average Bonchev–Trinajstić information content (AvgIpc) is 3.10. The Hall–Kier alpha value is -1.76. The fraction of sp³-hybridized carbons (Fsp3) is 0.684. The Morgan fingerprint density at radius 2 is 2.08 bits per heavy atom. The highest BCUT2D eigenvalue weighted by Gasteiger charge is 2.26. The molecule has 26 heavy (non-hydrogen) atoms. The molecule has 6 nitrogen and oxygen atoms in total. The van der Waals surface area contributed by atoms with Gasteiger partial charge in [-0.25, -0.2) is 9.79 Å². The predicted molar refractivity (Wildman–Crippen MR) is 108 cm³/mol. The minimum atomic E-state index is -0.435. The van der Waals surface area contributed by atoms with Gasteiger partial charge in [-0.3, -0.25) is 0 Å². The molecule has 0 bridgehead atoms. The third kappa shape index (κ3) is 7.23. The van der Waals surface area contributed by atoms with Gasteiger partial charge in [0.2, 0.25) is 0 Å². The molecular weight excluding hydrogens is 348 g/mol. The van der Waals surface area contributed by atoms with Gasteiger partial charge >= 0.3 is 6.09 Å². The van der Waals surface area contributed by atoms with Crippen LogP contribution < -0.4 is 10.6 Å². The van der Waals surface area contributed by atoms with E-state index in [1.807, 2.05) is 31.7 Å². The number of carbonyl (C=O) groups is 1. The van der Waals surface area contributed by atoms with Crippen LogP contribution in [0.3, 0.4) is 0 Å². The number of thiophene rings is 1. The lowest BCUT2D eigenvalue weighted by molar-refractivity contribution is 0.0185. The molecule has 1 aromatic rings. The smallest absolute Gasteiger partial charge is 0.410 e. The summed E-state index contributed by atoms with van der Waals surface area (Å²) in [4.78, 5) is 19.8. The number of nitrogens with zero attached hydrogens (tertiary/aromatic N) is 2. The van der Waals surface area contributed by atoms with Crippen LogP contribution in [0.4, 0.5) is 4.79 Å². The Kier molecular flexibility index (Phi) is 7.75. The number of piperidine rings is 1. The third-order valence-corrected chi connectivity index (χ3v) is 5.00. The number of rotatable bonds is 5. The zero-order chi connectivity index (χ0) is 19.0. The molecular formula is C19H32N4O2S. The first-order valence-electron chi connectivity index (χ1n) is 9.40. The number of ether oxygens (including phenoxy) is 1. The molecule has 0 unspecified atom stereocenters. The zero-order valence-electron chi connectivity index (χ0n) is 16.4. The van der Waals surface area contributed by atoms with Crippen LogP contribution in [0.15, 0.2) is 22.5 Å². The monoisotopic (exact) mass is 380 g/mol. The van der Waals surface area contributed by atoms with Gasteiger partial charge in [0.05, 0.1) is 6.54 Å². The van der Waals surface area contributed by atoms with E-state index in [9.17, 15) is 4.79 Å². The molecule has 0 radical (unpaired) electrons. The standard InChI is InChI=1S/C19H32N4O2S/c1-5-20-17(22-14-16-7-6-12-26-16)21-13-15-8-10-23(11-9-15)18(24)25-19(2,3)4/h6-7,12,15H,5,8-11,13-14H2,1-4H3,(H2,20,21,22). The molecule has 1 amide bonds. The molecule has 1 aliphatic rings. The van der Waals surface area contributed by atoms with Crippen LogP contribution in [0.25, 0.3) is 0 Å². The Morgan fingerprint density at radius 3 is 2.65 bits per heavy atom. The first kappa shape index (κ1) is 20.6. The summed E-state index contributed by atoms with van der Waals surface area (Å²) in [6, 6.07) is 4.15. The van der Waals surface area contributed by atoms with E-state index in [4.69, 9.17) is 4.74 Å². The van der Waals surface area contributed by atoms with Crippen LogP contribution in [0, 0.1) is 5.92 Å². The fourth-order valence-corrected chi connectivity index (χ4v) is 3.42. The molecule has 2 heterocycles. The second kappa shape index (κ2) is 9.80. The van der Waals surface area contributed by atoms with Crippen LogP contribution in [0.5, 0.6) is 0 Å². The number of hydrogen-bond donors (Lipinski definition) is 2. The second-order valence-corrected chi connectivity index (χ2v) is 8.60. The number of amides is 1. The van der Waals surface area contributed by atoms with Gasteiger partial charge in [0.25, 0.3) is 0 Å². The highest BCUT2D eigenvalue weighted by Crippen LogP contribution is 2.19. The fourth-order valence-electron chi connectivity index (χ4n) is 2.79. The quantitative estimate of drug-likeness (QED) is 0.606. The number of carbonyl (C=O) groups excluding carboxylic acids is 1. The summed E-state index contributed by atoms with van der Waals surface area (Å²) < 4.78 is 5.45. The molecule has 1 fully saturated rings. The van der Waals surface area contributed by atoms with Crippen LogP contribution in [-0.4, -0.2) is 48.7 Å². The van der Waals surface area contributed by atoms with E-state index in [0.717, 1.165) is 45.0 Å². The van der Waals surface area contributed by atoms with E-state index in [2.05, 4.69) is 34.0 Å². The molecule has 0 aliphatic carbocycles. The lowest BCUT2D eigenvalue weighted by Gasteiger charge is -2.33. The van der Waals surface area contributed by atoms with Crippen LogP contribution in [-0.2, 0) is 11.3 Å². The summed E-state index contributed by atoms with van der Waals surface area (Å²) in [6.07, 6.45) is 1.77. The van der Waals surface area contributed by atoms with Gasteiger partial charge in [-0.15, -0.1) is 11.3 Å². The van der Waals surface area contributed by atoms with Gasteiger partial charge in [0.1, 0.15) is 5.60 Å². The minimum Gasteiger partial charge on any atom is -0.444 e. The van der Waals surface area contributed by atoms with Gasteiger partial charge in [-0.05, 0) is 57.9 Å². The van der Waals surface area contributed by atoms with Crippen molar-refractivity contribution in [3.05, 3.63) is 22.4 Å². The van der Waals surface area contributed by atoms with Gasteiger partial charge in [0, 0.05) is 31.1 Å². The molecule has 1 saturated heterocycles. The zero-order valence-corrected chi connectivity index (χ0v) is 17.2. The molecule has 0 spiro atoms. The lowest BCUT2D eigenvalue weighted by atomic mass is 9.97. The Balaban J connectivity index is 1.75. The number of aliphatic imine (C=N–C) groups is 1. The van der Waals surface area contributed by atoms with E-state index < -0.39 is 5.60 Å². The number of guanidine groups is 1. The molecule has 7 heteroatoms. The molecule has 2 N–H and O–H groups in total. The maximum atomic E-state index is 12.1. The van der Waals surface area contributed by atoms with Crippen molar-refractivity contribution in [1.29, 1.82) is 0 Å². The highest BCUT2D eigenvalue weighted by atomic mass is 32.1. The van der Waals surface area contributed by atoms with E-state index in [1.54, 1.807) is 11.3 Å². The van der Waals surface area contributed by atoms with E-state index in [0.29, 0.717) is 12.5 Å². The van der Waals surface area contributed by atoms with Crippen molar-refractivity contribution in [1.82, 2.24) is 15.5 Å². The van der Waals surface area contributed by atoms with E-state index in [-0.39, 0.29) is 6.09 Å². The molecule has 0 aromatic carbocycles. The van der Waals surface area contributed by atoms with Crippen LogP contribution >= 0.6 is 11.3 Å². The first-order valence-corrected chi connectivity index (χ1v) is 10.3. The second-order valence-electron chi connectivity index (χ2n) is 7.57. The summed E-state index contributed by atoms with van der Waals surface area (Å²) in [5, 5.41) is 8.81. The molecule has 1 aliphatic heterocycles. The summed E-state index contributed by atoms with van der Waals surface area (Å²) in [7, 11) is 0. The first-order chi connectivity index (χ1) is 12.4. The summed E-state index contributed by atoms with van der Waals surface area (Å²) in [5.41, 5.74) is -0.435. The van der Waals surface area contributed by atoms with Crippen LogP contribution in [0.1, 0.15) is 45.4 Å². The third-order valence-electron chi connectivity index (χ3n) is 4.14. The average molecular weight is 381 g/mol. The van der Waals surface area contributed by atoms with Gasteiger partial charge in [0.15, 0.2) is 5.96 Å². The molecule has 2 rings (SSSR count). The van der Waals surface area contributed by atoms with E-state index in [1.165, 1.54) is 4.88 Å². The summed E-state index contributed by atoms with van der Waals surface area (Å²) in [6.45, 7) is 11.7. The van der Waals surface area contributed by atoms with Crippen molar-refractivity contribution in [2.45, 2.75) is 52.7 Å². The topological polar surface area (TPSA) is 66.0 Å². The van der Waals surface area contributed by atoms with Crippen molar-refractivity contribution in [3.63, 3.8) is 0 Å². The number of hydrogen-bond acceptors (Lipinski definition) is 4. The SMILES string of the molecule is CCNC(=NCc1cccs1)NCC1CCN(C(=O)OC(C)(C)C)CC1. The Morgan fingerprint density at radius 1 is 1.35 bits per heavy atom. The summed E-state index contributed by atoms with van der Waals surface area (Å²) >= 11 is 1.72. The molecule has 146 valence electrons. The van der Waals surface area contributed by atoms with Gasteiger partial charge < -0.3 is 20.3 Å². The molecule has 1 aromatic heterocycles.